The van der Waals surface area contributed by atoms with E-state index in [2.05, 4.69) is 34.7 Å². The van der Waals surface area contributed by atoms with Gasteiger partial charge in [0, 0.05) is 17.7 Å². The van der Waals surface area contributed by atoms with E-state index in [1.807, 2.05) is 0 Å². The van der Waals surface area contributed by atoms with Gasteiger partial charge in [-0.3, -0.25) is 15.4 Å². The van der Waals surface area contributed by atoms with Crippen molar-refractivity contribution in [2.24, 2.45) is 5.92 Å². The van der Waals surface area contributed by atoms with Gasteiger partial charge in [-0.2, -0.15) is 0 Å². The van der Waals surface area contributed by atoms with Crippen LogP contribution in [0.25, 0.3) is 0 Å². The third-order valence-corrected chi connectivity index (χ3v) is 3.78. The Morgan fingerprint density at radius 1 is 1.25 bits per heavy atom. The zero-order valence-corrected chi connectivity index (χ0v) is 14.6. The first kappa shape index (κ1) is 17.9. The van der Waals surface area contributed by atoms with Crippen LogP contribution in [0.2, 0.25) is 0 Å². The standard InChI is InChI=1S/C16H20N4O3S/c1-4-23-16(22)17-12-7-5-6-11(9-12)14(21)18-15-20-19-13(24-15)8-10(2)3/h5-7,9-10H,4,8H2,1-3H3,(H,17,22)(H,18,20,21). The zero-order valence-electron chi connectivity index (χ0n) is 13.8. The number of hydrogen-bond donors (Lipinski definition) is 2. The average molecular weight is 348 g/mol. The van der Waals surface area contributed by atoms with Gasteiger partial charge in [0.15, 0.2) is 0 Å². The van der Waals surface area contributed by atoms with Crippen LogP contribution in [-0.4, -0.2) is 28.8 Å². The number of anilines is 2. The summed E-state index contributed by atoms with van der Waals surface area (Å²) in [6.45, 7) is 6.20. The number of ether oxygens (including phenoxy) is 1. The van der Waals surface area contributed by atoms with Crippen LogP contribution >= 0.6 is 11.3 Å². The van der Waals surface area contributed by atoms with Crippen molar-refractivity contribution >= 4 is 34.2 Å². The smallest absolute Gasteiger partial charge is 0.411 e. The Morgan fingerprint density at radius 2 is 2.04 bits per heavy atom. The fourth-order valence-corrected chi connectivity index (χ4v) is 2.88. The summed E-state index contributed by atoms with van der Waals surface area (Å²) in [6, 6.07) is 6.59. The Hall–Kier alpha value is -2.48. The highest BCUT2D eigenvalue weighted by atomic mass is 32.1. The van der Waals surface area contributed by atoms with Crippen LogP contribution < -0.4 is 10.6 Å². The molecule has 0 saturated heterocycles. The van der Waals surface area contributed by atoms with Crippen LogP contribution in [-0.2, 0) is 11.2 Å². The molecular formula is C16H20N4O3S. The van der Waals surface area contributed by atoms with Crippen LogP contribution in [0, 0.1) is 5.92 Å². The van der Waals surface area contributed by atoms with Crippen LogP contribution in [0.15, 0.2) is 24.3 Å². The summed E-state index contributed by atoms with van der Waals surface area (Å²) in [6.07, 6.45) is 0.268. The normalized spacial score (nSPS) is 10.5. The fourth-order valence-electron chi connectivity index (χ4n) is 1.93. The molecule has 0 radical (unpaired) electrons. The highest BCUT2D eigenvalue weighted by Crippen LogP contribution is 2.19. The fraction of sp³-hybridized carbons (Fsp3) is 0.375. The zero-order chi connectivity index (χ0) is 17.5. The van der Waals surface area contributed by atoms with E-state index in [1.165, 1.54) is 11.3 Å². The molecule has 1 aromatic carbocycles. The van der Waals surface area contributed by atoms with Crippen molar-refractivity contribution in [3.8, 4) is 0 Å². The van der Waals surface area contributed by atoms with Gasteiger partial charge in [-0.05, 0) is 31.0 Å². The Labute approximate surface area is 144 Å². The second-order valence-corrected chi connectivity index (χ2v) is 6.54. The van der Waals surface area contributed by atoms with E-state index in [1.54, 1.807) is 31.2 Å². The number of aromatic nitrogens is 2. The maximum atomic E-state index is 12.3. The quantitative estimate of drug-likeness (QED) is 0.832. The molecule has 24 heavy (non-hydrogen) atoms. The van der Waals surface area contributed by atoms with Crippen LogP contribution in [0.3, 0.4) is 0 Å². The summed E-state index contributed by atoms with van der Waals surface area (Å²) in [5.41, 5.74) is 0.892. The minimum absolute atomic E-state index is 0.280. The molecule has 0 saturated carbocycles. The van der Waals surface area contributed by atoms with Crippen molar-refractivity contribution in [1.82, 2.24) is 10.2 Å². The number of benzene rings is 1. The summed E-state index contributed by atoms with van der Waals surface area (Å²) >= 11 is 1.36. The largest absolute Gasteiger partial charge is 0.450 e. The first-order valence-corrected chi connectivity index (χ1v) is 8.47. The number of nitrogens with one attached hydrogen (secondary N) is 2. The van der Waals surface area contributed by atoms with Crippen molar-refractivity contribution in [3.63, 3.8) is 0 Å². The number of rotatable bonds is 6. The maximum absolute atomic E-state index is 12.3. The third-order valence-electron chi connectivity index (χ3n) is 2.92. The van der Waals surface area contributed by atoms with E-state index in [4.69, 9.17) is 4.74 Å². The minimum atomic E-state index is -0.558. The van der Waals surface area contributed by atoms with E-state index in [0.717, 1.165) is 11.4 Å². The van der Waals surface area contributed by atoms with Gasteiger partial charge in [0.25, 0.3) is 5.91 Å². The topological polar surface area (TPSA) is 93.2 Å². The van der Waals surface area contributed by atoms with Crippen molar-refractivity contribution < 1.29 is 14.3 Å². The molecule has 2 N–H and O–H groups in total. The van der Waals surface area contributed by atoms with Gasteiger partial charge in [-0.15, -0.1) is 10.2 Å². The van der Waals surface area contributed by atoms with E-state index in [-0.39, 0.29) is 12.5 Å². The van der Waals surface area contributed by atoms with E-state index in [0.29, 0.717) is 22.3 Å². The summed E-state index contributed by atoms with van der Waals surface area (Å²) in [5, 5.41) is 14.7. The first-order valence-electron chi connectivity index (χ1n) is 7.65. The molecular weight excluding hydrogens is 328 g/mol. The van der Waals surface area contributed by atoms with Gasteiger partial charge in [-0.1, -0.05) is 31.3 Å². The van der Waals surface area contributed by atoms with E-state index < -0.39 is 6.09 Å². The van der Waals surface area contributed by atoms with Crippen LogP contribution in [0.1, 0.15) is 36.1 Å². The molecule has 0 atom stereocenters. The van der Waals surface area contributed by atoms with E-state index >= 15 is 0 Å². The first-order chi connectivity index (χ1) is 11.5. The predicted molar refractivity (Wildman–Crippen MR) is 93.5 cm³/mol. The summed E-state index contributed by atoms with van der Waals surface area (Å²) in [4.78, 5) is 23.7. The molecule has 1 heterocycles. The Bertz CT molecular complexity index is 715. The van der Waals surface area contributed by atoms with Gasteiger partial charge in [0.2, 0.25) is 5.13 Å². The van der Waals surface area contributed by atoms with Crippen molar-refractivity contribution in [3.05, 3.63) is 34.8 Å². The molecule has 0 aliphatic carbocycles. The predicted octanol–water partition coefficient (Wildman–Crippen LogP) is 3.56. The van der Waals surface area contributed by atoms with Crippen LogP contribution in [0.5, 0.6) is 0 Å². The molecule has 1 aromatic heterocycles. The lowest BCUT2D eigenvalue weighted by molar-refractivity contribution is 0.102. The monoisotopic (exact) mass is 348 g/mol. The molecule has 128 valence electrons. The molecule has 0 aliphatic heterocycles. The van der Waals surface area contributed by atoms with Crippen molar-refractivity contribution in [2.45, 2.75) is 27.2 Å². The molecule has 0 fully saturated rings. The number of nitrogens with zero attached hydrogens (tertiary/aromatic N) is 2. The maximum Gasteiger partial charge on any atom is 0.411 e. The Balaban J connectivity index is 2.01. The highest BCUT2D eigenvalue weighted by molar-refractivity contribution is 7.15. The second kappa shape index (κ2) is 8.39. The van der Waals surface area contributed by atoms with Crippen molar-refractivity contribution in [1.29, 1.82) is 0 Å². The SMILES string of the molecule is CCOC(=O)Nc1cccc(C(=O)Nc2nnc(CC(C)C)s2)c1. The van der Waals surface area contributed by atoms with Crippen LogP contribution in [0.4, 0.5) is 15.6 Å². The summed E-state index contributed by atoms with van der Waals surface area (Å²) < 4.78 is 4.81. The van der Waals surface area contributed by atoms with Crippen molar-refractivity contribution in [2.75, 3.05) is 17.2 Å². The Kier molecular flexibility index (Phi) is 6.25. The lowest BCUT2D eigenvalue weighted by Gasteiger charge is -2.07. The lowest BCUT2D eigenvalue weighted by Crippen LogP contribution is -2.15. The van der Waals surface area contributed by atoms with E-state index in [9.17, 15) is 9.59 Å². The molecule has 0 unspecified atom stereocenters. The number of amides is 2. The summed E-state index contributed by atoms with van der Waals surface area (Å²) in [7, 11) is 0. The van der Waals surface area contributed by atoms with Gasteiger partial charge in [-0.25, -0.2) is 4.79 Å². The third kappa shape index (κ3) is 5.31. The molecule has 0 bridgehead atoms. The summed E-state index contributed by atoms with van der Waals surface area (Å²) in [5.74, 6) is 0.168. The minimum Gasteiger partial charge on any atom is -0.450 e. The van der Waals surface area contributed by atoms with Gasteiger partial charge < -0.3 is 4.74 Å². The van der Waals surface area contributed by atoms with Gasteiger partial charge in [0.1, 0.15) is 5.01 Å². The average Bonchev–Trinajstić information content (AvgIpc) is 2.94. The molecule has 2 rings (SSSR count). The van der Waals surface area contributed by atoms with Gasteiger partial charge >= 0.3 is 6.09 Å². The molecule has 8 heteroatoms. The second-order valence-electron chi connectivity index (χ2n) is 5.48. The number of carbonyl (C=O) groups excluding carboxylic acids is 2. The molecule has 2 aromatic rings. The van der Waals surface area contributed by atoms with Gasteiger partial charge in [0.05, 0.1) is 6.61 Å². The molecule has 0 aliphatic rings. The molecule has 2 amide bonds. The number of carbonyl (C=O) groups is 2. The highest BCUT2D eigenvalue weighted by Gasteiger charge is 2.12. The Morgan fingerprint density at radius 3 is 2.75 bits per heavy atom. The lowest BCUT2D eigenvalue weighted by atomic mass is 10.1. The number of hydrogen-bond acceptors (Lipinski definition) is 6. The molecule has 7 nitrogen and oxygen atoms in total. The molecule has 0 spiro atoms.